The van der Waals surface area contributed by atoms with E-state index in [1.165, 1.54) is 12.1 Å². The van der Waals surface area contributed by atoms with Gasteiger partial charge in [0.2, 0.25) is 0 Å². The molecule has 7 heteroatoms. The van der Waals surface area contributed by atoms with Crippen LogP contribution in [0, 0.1) is 6.92 Å². The number of carbonyl (C=O) groups is 3. The van der Waals surface area contributed by atoms with Crippen molar-refractivity contribution in [2.24, 2.45) is 0 Å². The second-order valence-electron chi connectivity index (χ2n) is 6.69. The summed E-state index contributed by atoms with van der Waals surface area (Å²) in [6, 6.07) is 12.7. The Labute approximate surface area is 176 Å². The number of halogens is 2. The van der Waals surface area contributed by atoms with Crippen LogP contribution < -0.4 is 11.1 Å². The molecule has 3 aromatic rings. The summed E-state index contributed by atoms with van der Waals surface area (Å²) in [5, 5.41) is 3.18. The zero-order valence-corrected chi connectivity index (χ0v) is 16.7. The van der Waals surface area contributed by atoms with Crippen molar-refractivity contribution in [1.82, 2.24) is 0 Å². The molecule has 0 aromatic heterocycles. The molecule has 0 radical (unpaired) electrons. The summed E-state index contributed by atoms with van der Waals surface area (Å²) in [6.07, 6.45) is 0. The first kappa shape index (κ1) is 19.2. The molecule has 0 unspecified atom stereocenters. The van der Waals surface area contributed by atoms with E-state index in [1.807, 2.05) is 6.92 Å². The summed E-state index contributed by atoms with van der Waals surface area (Å²) < 4.78 is 0. The second kappa shape index (κ2) is 7.03. The van der Waals surface area contributed by atoms with Crippen molar-refractivity contribution in [3.8, 4) is 0 Å². The molecule has 1 aliphatic rings. The lowest BCUT2D eigenvalue weighted by Crippen LogP contribution is -2.25. The molecule has 3 aromatic carbocycles. The highest BCUT2D eigenvalue weighted by Gasteiger charge is 2.34. The first-order chi connectivity index (χ1) is 13.8. The number of ketones is 2. The van der Waals surface area contributed by atoms with Crippen molar-refractivity contribution >= 4 is 52.1 Å². The number of aryl methyl sites for hydroxylation is 1. The molecule has 1 aliphatic carbocycles. The van der Waals surface area contributed by atoms with Gasteiger partial charge in [-0.15, -0.1) is 0 Å². The average molecular weight is 425 g/mol. The van der Waals surface area contributed by atoms with E-state index >= 15 is 0 Å². The molecule has 0 atom stereocenters. The van der Waals surface area contributed by atoms with Gasteiger partial charge >= 0.3 is 0 Å². The van der Waals surface area contributed by atoms with E-state index in [0.717, 1.165) is 5.56 Å². The molecule has 0 spiro atoms. The molecule has 4 rings (SSSR count). The lowest BCUT2D eigenvalue weighted by atomic mass is 9.82. The number of nitrogens with one attached hydrogen (secondary N) is 1. The van der Waals surface area contributed by atoms with Crippen LogP contribution in [0.4, 0.5) is 11.4 Å². The lowest BCUT2D eigenvalue weighted by Gasteiger charge is -2.22. The number of fused-ring (bicyclic) bond motifs is 2. The number of carbonyl (C=O) groups excluding carboxylic acids is 3. The number of hydrogen-bond acceptors (Lipinski definition) is 4. The van der Waals surface area contributed by atoms with Crippen LogP contribution in [0.2, 0.25) is 10.0 Å². The van der Waals surface area contributed by atoms with Gasteiger partial charge in [0.1, 0.15) is 0 Å². The predicted molar refractivity (Wildman–Crippen MR) is 113 cm³/mol. The van der Waals surface area contributed by atoms with Gasteiger partial charge in [-0.05, 0) is 30.7 Å². The van der Waals surface area contributed by atoms with Crippen molar-refractivity contribution in [2.45, 2.75) is 6.92 Å². The third-order valence-corrected chi connectivity index (χ3v) is 5.59. The third kappa shape index (κ3) is 3.09. The van der Waals surface area contributed by atoms with E-state index in [2.05, 4.69) is 5.32 Å². The summed E-state index contributed by atoms with van der Waals surface area (Å²) in [4.78, 5) is 38.9. The van der Waals surface area contributed by atoms with Crippen molar-refractivity contribution in [3.63, 3.8) is 0 Å². The van der Waals surface area contributed by atoms with E-state index in [4.69, 9.17) is 28.9 Å². The fraction of sp³-hybridized carbons (Fsp3) is 0.0455. The van der Waals surface area contributed by atoms with Gasteiger partial charge in [-0.1, -0.05) is 53.5 Å². The van der Waals surface area contributed by atoms with Gasteiger partial charge in [-0.25, -0.2) is 0 Å². The molecule has 3 N–H and O–H groups in total. The fourth-order valence-corrected chi connectivity index (χ4v) is 3.70. The van der Waals surface area contributed by atoms with Crippen molar-refractivity contribution < 1.29 is 14.4 Å². The normalized spacial score (nSPS) is 12.4. The zero-order chi connectivity index (χ0) is 20.9. The smallest absolute Gasteiger partial charge is 0.255 e. The number of hydrogen-bond donors (Lipinski definition) is 2. The molecular formula is C22H14Cl2N2O3. The second-order valence-corrected chi connectivity index (χ2v) is 7.51. The van der Waals surface area contributed by atoms with Crippen LogP contribution in [-0.2, 0) is 0 Å². The Hall–Kier alpha value is -3.15. The summed E-state index contributed by atoms with van der Waals surface area (Å²) in [5.74, 6) is -1.31. The van der Waals surface area contributed by atoms with E-state index in [0.29, 0.717) is 10.6 Å². The quantitative estimate of drug-likeness (QED) is 0.447. The molecule has 0 fully saturated rings. The summed E-state index contributed by atoms with van der Waals surface area (Å²) in [6.45, 7) is 1.82. The average Bonchev–Trinajstić information content (AvgIpc) is 2.70. The van der Waals surface area contributed by atoms with Crippen LogP contribution in [0.1, 0.15) is 47.8 Å². The van der Waals surface area contributed by atoms with Crippen LogP contribution in [0.15, 0.2) is 48.5 Å². The number of amides is 1. The van der Waals surface area contributed by atoms with E-state index in [-0.39, 0.29) is 38.7 Å². The molecular weight excluding hydrogens is 411 g/mol. The van der Waals surface area contributed by atoms with Crippen LogP contribution in [-0.4, -0.2) is 17.5 Å². The summed E-state index contributed by atoms with van der Waals surface area (Å²) in [5.41, 5.74) is 7.81. The summed E-state index contributed by atoms with van der Waals surface area (Å²) in [7, 11) is 0. The molecule has 0 saturated heterocycles. The van der Waals surface area contributed by atoms with E-state index < -0.39 is 17.5 Å². The highest BCUT2D eigenvalue weighted by molar-refractivity contribution is 6.38. The SMILES string of the molecule is Cc1ccc(C(=O)Nc2cc(Cl)c(N)c3c2C(=O)c2ccccc2C3=O)cc1Cl. The Morgan fingerprint density at radius 1 is 0.897 bits per heavy atom. The topological polar surface area (TPSA) is 89.3 Å². The molecule has 0 saturated carbocycles. The van der Waals surface area contributed by atoms with Gasteiger partial charge in [0.15, 0.2) is 11.6 Å². The molecule has 0 heterocycles. The number of rotatable bonds is 2. The first-order valence-corrected chi connectivity index (χ1v) is 9.43. The Morgan fingerprint density at radius 3 is 2.14 bits per heavy atom. The van der Waals surface area contributed by atoms with Crippen molar-refractivity contribution in [1.29, 1.82) is 0 Å². The Kier molecular flexibility index (Phi) is 4.65. The maximum absolute atomic E-state index is 13.1. The minimum Gasteiger partial charge on any atom is -0.397 e. The van der Waals surface area contributed by atoms with Gasteiger partial charge < -0.3 is 11.1 Å². The lowest BCUT2D eigenvalue weighted by molar-refractivity contribution is 0.0979. The van der Waals surface area contributed by atoms with Crippen LogP contribution >= 0.6 is 23.2 Å². The molecule has 144 valence electrons. The highest BCUT2D eigenvalue weighted by atomic mass is 35.5. The van der Waals surface area contributed by atoms with Crippen molar-refractivity contribution in [3.05, 3.63) is 92.0 Å². The predicted octanol–water partition coefficient (Wildman–Crippen LogP) is 4.91. The van der Waals surface area contributed by atoms with Gasteiger partial charge in [-0.2, -0.15) is 0 Å². The van der Waals surface area contributed by atoms with Crippen LogP contribution in [0.25, 0.3) is 0 Å². The van der Waals surface area contributed by atoms with Crippen LogP contribution in [0.5, 0.6) is 0 Å². The van der Waals surface area contributed by atoms with Gasteiger partial charge in [0, 0.05) is 21.7 Å². The number of nitrogens with two attached hydrogens (primary N) is 1. The number of anilines is 2. The monoisotopic (exact) mass is 424 g/mol. The molecule has 0 bridgehead atoms. The van der Waals surface area contributed by atoms with Gasteiger partial charge in [0.25, 0.3) is 5.91 Å². The Balaban J connectivity index is 1.85. The first-order valence-electron chi connectivity index (χ1n) is 8.67. The molecule has 1 amide bonds. The number of benzene rings is 3. The summed E-state index contributed by atoms with van der Waals surface area (Å²) >= 11 is 12.3. The maximum Gasteiger partial charge on any atom is 0.255 e. The molecule has 0 aliphatic heterocycles. The van der Waals surface area contributed by atoms with Crippen molar-refractivity contribution in [2.75, 3.05) is 11.1 Å². The van der Waals surface area contributed by atoms with E-state index in [1.54, 1.807) is 36.4 Å². The third-order valence-electron chi connectivity index (χ3n) is 4.87. The fourth-order valence-electron chi connectivity index (χ4n) is 3.31. The molecule has 29 heavy (non-hydrogen) atoms. The van der Waals surface area contributed by atoms with Gasteiger partial charge in [0.05, 0.1) is 27.5 Å². The number of nitrogen functional groups attached to an aromatic ring is 1. The van der Waals surface area contributed by atoms with Crippen LogP contribution in [0.3, 0.4) is 0 Å². The largest absolute Gasteiger partial charge is 0.397 e. The van der Waals surface area contributed by atoms with E-state index in [9.17, 15) is 14.4 Å². The minimum absolute atomic E-state index is 0.00145. The standard InChI is InChI=1S/C22H14Cl2N2O3/c1-10-6-7-11(8-14(10)23)22(29)26-16-9-15(24)19(25)18-17(16)20(27)12-4-2-3-5-13(12)21(18)28/h2-9H,25H2,1H3,(H,26,29). The Bertz CT molecular complexity index is 1230. The molecule has 5 nitrogen and oxygen atoms in total. The Morgan fingerprint density at radius 2 is 1.52 bits per heavy atom. The zero-order valence-electron chi connectivity index (χ0n) is 15.2. The van der Waals surface area contributed by atoms with Gasteiger partial charge in [-0.3, -0.25) is 14.4 Å². The highest BCUT2D eigenvalue weighted by Crippen LogP contribution is 2.39. The maximum atomic E-state index is 13.1. The minimum atomic E-state index is -0.492.